The van der Waals surface area contributed by atoms with E-state index in [-0.39, 0.29) is 6.10 Å². The topological polar surface area (TPSA) is 86.0 Å². The molecule has 0 bridgehead atoms. The van der Waals surface area contributed by atoms with Gasteiger partial charge in [0.1, 0.15) is 0 Å². The highest BCUT2D eigenvalue weighted by atomic mass is 32.2. The lowest BCUT2D eigenvalue weighted by atomic mass is 10.1. The summed E-state index contributed by atoms with van der Waals surface area (Å²) in [5.41, 5.74) is 2.15. The monoisotopic (exact) mass is 389 g/mol. The lowest BCUT2D eigenvalue weighted by molar-refractivity contribution is 0.120. The SMILES string of the molecule is Cc1ccc(-c2noc(CSc3nnc(NC[C@@H]4CCCO4)s3)n2)cc1. The predicted molar refractivity (Wildman–Crippen MR) is 101 cm³/mol. The van der Waals surface area contributed by atoms with Crippen LogP contribution < -0.4 is 5.32 Å². The second-order valence-corrected chi connectivity index (χ2v) is 8.26. The molecule has 3 aromatic rings. The van der Waals surface area contributed by atoms with Crippen LogP contribution >= 0.6 is 23.1 Å². The summed E-state index contributed by atoms with van der Waals surface area (Å²) in [6.45, 7) is 3.69. The summed E-state index contributed by atoms with van der Waals surface area (Å²) < 4.78 is 11.8. The van der Waals surface area contributed by atoms with Crippen molar-refractivity contribution >= 4 is 28.2 Å². The highest BCUT2D eigenvalue weighted by Crippen LogP contribution is 2.28. The number of nitrogens with zero attached hydrogens (tertiary/aromatic N) is 4. The van der Waals surface area contributed by atoms with Gasteiger partial charge in [0.05, 0.1) is 11.9 Å². The summed E-state index contributed by atoms with van der Waals surface area (Å²) in [5, 5.41) is 16.5. The Morgan fingerprint density at radius 2 is 2.15 bits per heavy atom. The zero-order chi connectivity index (χ0) is 17.8. The predicted octanol–water partition coefficient (Wildman–Crippen LogP) is 3.78. The van der Waals surface area contributed by atoms with Gasteiger partial charge in [0, 0.05) is 18.7 Å². The van der Waals surface area contributed by atoms with E-state index in [9.17, 15) is 0 Å². The van der Waals surface area contributed by atoms with Gasteiger partial charge in [0.2, 0.25) is 16.8 Å². The Kier molecular flexibility index (Phi) is 5.47. The second kappa shape index (κ2) is 8.15. The van der Waals surface area contributed by atoms with Crippen molar-refractivity contribution in [1.29, 1.82) is 0 Å². The van der Waals surface area contributed by atoms with E-state index in [0.717, 1.165) is 41.0 Å². The molecule has 0 spiro atoms. The number of anilines is 1. The molecule has 2 aromatic heterocycles. The van der Waals surface area contributed by atoms with Crippen LogP contribution in [0.25, 0.3) is 11.4 Å². The number of nitrogens with one attached hydrogen (secondary N) is 1. The zero-order valence-electron chi connectivity index (χ0n) is 14.3. The highest BCUT2D eigenvalue weighted by Gasteiger charge is 2.16. The summed E-state index contributed by atoms with van der Waals surface area (Å²) in [4.78, 5) is 4.45. The van der Waals surface area contributed by atoms with Gasteiger partial charge in [0.15, 0.2) is 4.34 Å². The number of benzene rings is 1. The maximum atomic E-state index is 5.59. The Morgan fingerprint density at radius 3 is 2.96 bits per heavy atom. The molecule has 1 N–H and O–H groups in total. The van der Waals surface area contributed by atoms with Crippen LogP contribution in [0.4, 0.5) is 5.13 Å². The lowest BCUT2D eigenvalue weighted by Gasteiger charge is -2.08. The van der Waals surface area contributed by atoms with E-state index in [2.05, 4.69) is 25.7 Å². The molecule has 1 atom stereocenters. The first kappa shape index (κ1) is 17.4. The molecule has 136 valence electrons. The van der Waals surface area contributed by atoms with Crippen LogP contribution in [0.1, 0.15) is 24.3 Å². The van der Waals surface area contributed by atoms with E-state index in [1.165, 1.54) is 16.9 Å². The zero-order valence-corrected chi connectivity index (χ0v) is 16.0. The number of rotatable bonds is 7. The third-order valence-electron chi connectivity index (χ3n) is 4.01. The van der Waals surface area contributed by atoms with Crippen molar-refractivity contribution in [3.8, 4) is 11.4 Å². The average molecular weight is 390 g/mol. The van der Waals surface area contributed by atoms with Crippen molar-refractivity contribution in [1.82, 2.24) is 20.3 Å². The summed E-state index contributed by atoms with van der Waals surface area (Å²) in [6.07, 6.45) is 2.53. The van der Waals surface area contributed by atoms with Gasteiger partial charge in [-0.2, -0.15) is 4.98 Å². The number of aryl methyl sites for hydroxylation is 1. The van der Waals surface area contributed by atoms with E-state index in [4.69, 9.17) is 9.26 Å². The van der Waals surface area contributed by atoms with Gasteiger partial charge in [-0.25, -0.2) is 0 Å². The highest BCUT2D eigenvalue weighted by molar-refractivity contribution is 8.00. The molecule has 1 aliphatic rings. The molecule has 1 aliphatic heterocycles. The van der Waals surface area contributed by atoms with Gasteiger partial charge in [-0.1, -0.05) is 58.1 Å². The molecule has 3 heterocycles. The third kappa shape index (κ3) is 4.40. The molecule has 4 rings (SSSR count). The van der Waals surface area contributed by atoms with Crippen molar-refractivity contribution < 1.29 is 9.26 Å². The fourth-order valence-corrected chi connectivity index (χ4v) is 4.20. The number of aromatic nitrogens is 4. The minimum atomic E-state index is 0.286. The van der Waals surface area contributed by atoms with Gasteiger partial charge in [-0.15, -0.1) is 10.2 Å². The minimum Gasteiger partial charge on any atom is -0.376 e. The molecule has 1 aromatic carbocycles. The number of thioether (sulfide) groups is 1. The normalized spacial score (nSPS) is 16.9. The molecule has 26 heavy (non-hydrogen) atoms. The molecule has 7 nitrogen and oxygen atoms in total. The maximum Gasteiger partial charge on any atom is 0.237 e. The second-order valence-electron chi connectivity index (χ2n) is 6.06. The van der Waals surface area contributed by atoms with E-state index in [0.29, 0.717) is 17.5 Å². The van der Waals surface area contributed by atoms with E-state index in [1.807, 2.05) is 31.2 Å². The first-order chi connectivity index (χ1) is 12.8. The molecule has 0 saturated carbocycles. The van der Waals surface area contributed by atoms with E-state index >= 15 is 0 Å². The summed E-state index contributed by atoms with van der Waals surface area (Å²) >= 11 is 3.07. The van der Waals surface area contributed by atoms with Crippen LogP contribution in [0, 0.1) is 6.92 Å². The van der Waals surface area contributed by atoms with E-state index in [1.54, 1.807) is 11.8 Å². The van der Waals surface area contributed by atoms with Crippen LogP contribution in [-0.4, -0.2) is 39.6 Å². The molecule has 0 amide bonds. The van der Waals surface area contributed by atoms with Gasteiger partial charge in [-0.3, -0.25) is 0 Å². The van der Waals surface area contributed by atoms with Crippen LogP contribution in [0.15, 0.2) is 33.1 Å². The Labute approximate surface area is 159 Å². The first-order valence-electron chi connectivity index (χ1n) is 8.48. The number of hydrogen-bond acceptors (Lipinski definition) is 9. The van der Waals surface area contributed by atoms with Crippen molar-refractivity contribution in [2.24, 2.45) is 0 Å². The van der Waals surface area contributed by atoms with Gasteiger partial charge in [-0.05, 0) is 19.8 Å². The summed E-state index contributed by atoms with van der Waals surface area (Å²) in [7, 11) is 0. The van der Waals surface area contributed by atoms with Crippen molar-refractivity contribution in [2.75, 3.05) is 18.5 Å². The Bertz CT molecular complexity index is 843. The van der Waals surface area contributed by atoms with Crippen molar-refractivity contribution in [3.63, 3.8) is 0 Å². The molecule has 1 saturated heterocycles. The fourth-order valence-electron chi connectivity index (χ4n) is 2.60. The number of hydrogen-bond donors (Lipinski definition) is 1. The van der Waals surface area contributed by atoms with Crippen LogP contribution in [0.3, 0.4) is 0 Å². The number of ether oxygens (including phenoxy) is 1. The van der Waals surface area contributed by atoms with Gasteiger partial charge in [0.25, 0.3) is 0 Å². The van der Waals surface area contributed by atoms with Crippen LogP contribution in [0.2, 0.25) is 0 Å². The Balaban J connectivity index is 1.29. The quantitative estimate of drug-likeness (QED) is 0.611. The Morgan fingerprint density at radius 1 is 1.27 bits per heavy atom. The van der Waals surface area contributed by atoms with Crippen LogP contribution in [0.5, 0.6) is 0 Å². The minimum absolute atomic E-state index is 0.286. The maximum absolute atomic E-state index is 5.59. The standard InChI is InChI=1S/C17H19N5O2S2/c1-11-4-6-12(7-5-11)15-19-14(24-22-15)10-25-17-21-20-16(26-17)18-9-13-3-2-8-23-13/h4-7,13H,2-3,8-10H2,1H3,(H,18,20)/t13-/m0/s1. The Hall–Kier alpha value is -1.97. The van der Waals surface area contributed by atoms with Crippen molar-refractivity contribution in [2.45, 2.75) is 36.0 Å². The fraction of sp³-hybridized carbons (Fsp3) is 0.412. The summed E-state index contributed by atoms with van der Waals surface area (Å²) in [5.74, 6) is 1.76. The molecule has 9 heteroatoms. The first-order valence-corrected chi connectivity index (χ1v) is 10.3. The lowest BCUT2D eigenvalue weighted by Crippen LogP contribution is -2.18. The molecule has 0 radical (unpaired) electrons. The largest absolute Gasteiger partial charge is 0.376 e. The molecular weight excluding hydrogens is 370 g/mol. The van der Waals surface area contributed by atoms with Crippen molar-refractivity contribution in [3.05, 3.63) is 35.7 Å². The summed E-state index contributed by atoms with van der Waals surface area (Å²) in [6, 6.07) is 8.06. The molecule has 1 fully saturated rings. The molecule has 0 aliphatic carbocycles. The molecular formula is C17H19N5O2S2. The van der Waals surface area contributed by atoms with E-state index < -0.39 is 0 Å². The van der Waals surface area contributed by atoms with Gasteiger partial charge < -0.3 is 14.6 Å². The van der Waals surface area contributed by atoms with Gasteiger partial charge >= 0.3 is 0 Å². The molecule has 0 unspecified atom stereocenters. The average Bonchev–Trinajstić information content (AvgIpc) is 3.40. The van der Waals surface area contributed by atoms with Crippen LogP contribution in [-0.2, 0) is 10.5 Å². The smallest absolute Gasteiger partial charge is 0.237 e. The third-order valence-corrected chi connectivity index (χ3v) is 6.01.